The summed E-state index contributed by atoms with van der Waals surface area (Å²) < 4.78 is 0. The molecule has 1 N–H and O–H groups in total. The minimum Gasteiger partial charge on any atom is -0.480 e. The van der Waals surface area contributed by atoms with E-state index in [4.69, 9.17) is 11.5 Å². The van der Waals surface area contributed by atoms with E-state index in [1.54, 1.807) is 0 Å². The van der Waals surface area contributed by atoms with Crippen LogP contribution in [0.3, 0.4) is 0 Å². The molecule has 0 aromatic rings. The molecule has 16 heavy (non-hydrogen) atoms. The Balaban J connectivity index is 2.72. The van der Waals surface area contributed by atoms with Gasteiger partial charge in [-0.1, -0.05) is 5.92 Å². The molecule has 0 aromatic carbocycles. The van der Waals surface area contributed by atoms with E-state index in [-0.39, 0.29) is 12.6 Å². The van der Waals surface area contributed by atoms with Crippen LogP contribution in [0.25, 0.3) is 0 Å². The number of carboxylic acid groups (broad SMARTS) is 1. The third kappa shape index (κ3) is 2.61. The Bertz CT molecular complexity index is 327. The number of urea groups is 1. The number of rotatable bonds is 3. The lowest BCUT2D eigenvalue weighted by Gasteiger charge is -2.27. The Morgan fingerprint density at radius 1 is 1.69 bits per heavy atom. The van der Waals surface area contributed by atoms with Crippen LogP contribution in [-0.2, 0) is 4.79 Å². The van der Waals surface area contributed by atoms with Gasteiger partial charge in [-0.15, -0.1) is 18.2 Å². The number of carbonyl (C=O) groups excluding carboxylic acids is 1. The standard InChI is InChI=1S/C10H14N2O3S/c1-3-5-11(4-2)10(15)12-7-16-6-8(12)9(13)14/h1,8H,4-7H2,2H3,(H,13,14). The molecule has 88 valence electrons. The molecule has 5 nitrogen and oxygen atoms in total. The van der Waals surface area contributed by atoms with Crippen LogP contribution < -0.4 is 0 Å². The first kappa shape index (κ1) is 12.7. The van der Waals surface area contributed by atoms with E-state index in [1.807, 2.05) is 6.92 Å². The van der Waals surface area contributed by atoms with Crippen LogP contribution in [0.1, 0.15) is 6.92 Å². The fraction of sp³-hybridized carbons (Fsp3) is 0.600. The first-order valence-corrected chi connectivity index (χ1v) is 6.06. The number of terminal acetylenes is 1. The fourth-order valence-corrected chi connectivity index (χ4v) is 2.58. The zero-order valence-electron chi connectivity index (χ0n) is 9.05. The van der Waals surface area contributed by atoms with Gasteiger partial charge in [0.05, 0.1) is 12.4 Å². The number of thioether (sulfide) groups is 1. The van der Waals surface area contributed by atoms with Gasteiger partial charge in [0.15, 0.2) is 0 Å². The molecule has 0 aliphatic carbocycles. The van der Waals surface area contributed by atoms with Crippen LogP contribution >= 0.6 is 11.8 Å². The summed E-state index contributed by atoms with van der Waals surface area (Å²) in [6, 6.07) is -1.03. The van der Waals surface area contributed by atoms with E-state index in [1.165, 1.54) is 21.6 Å². The lowest BCUT2D eigenvalue weighted by molar-refractivity contribution is -0.140. The molecule has 1 aliphatic heterocycles. The van der Waals surface area contributed by atoms with E-state index in [0.29, 0.717) is 18.2 Å². The molecule has 1 fully saturated rings. The number of aliphatic carboxylic acids is 1. The Labute approximate surface area is 98.8 Å². The molecule has 0 bridgehead atoms. The van der Waals surface area contributed by atoms with Gasteiger partial charge in [-0.3, -0.25) is 0 Å². The van der Waals surface area contributed by atoms with Crippen molar-refractivity contribution in [2.24, 2.45) is 0 Å². The van der Waals surface area contributed by atoms with Gasteiger partial charge in [0.25, 0.3) is 0 Å². The molecule has 2 amide bonds. The minimum atomic E-state index is -0.963. The maximum Gasteiger partial charge on any atom is 0.327 e. The monoisotopic (exact) mass is 242 g/mol. The molecule has 1 rings (SSSR count). The summed E-state index contributed by atoms with van der Waals surface area (Å²) >= 11 is 1.44. The molecular formula is C10H14N2O3S. The highest BCUT2D eigenvalue weighted by atomic mass is 32.2. The Hall–Kier alpha value is -1.35. The van der Waals surface area contributed by atoms with E-state index in [0.717, 1.165) is 0 Å². The summed E-state index contributed by atoms with van der Waals surface area (Å²) in [6.45, 7) is 2.51. The fourth-order valence-electron chi connectivity index (χ4n) is 1.44. The van der Waals surface area contributed by atoms with Crippen LogP contribution in [0.2, 0.25) is 0 Å². The molecular weight excluding hydrogens is 228 g/mol. The average Bonchev–Trinajstić information content (AvgIpc) is 2.73. The van der Waals surface area contributed by atoms with Crippen molar-refractivity contribution in [2.45, 2.75) is 13.0 Å². The van der Waals surface area contributed by atoms with Gasteiger partial charge in [0.2, 0.25) is 0 Å². The maximum absolute atomic E-state index is 12.0. The second-order valence-corrected chi connectivity index (χ2v) is 4.32. The molecule has 1 saturated heterocycles. The predicted molar refractivity (Wildman–Crippen MR) is 62.1 cm³/mol. The first-order chi connectivity index (χ1) is 7.61. The molecule has 1 unspecified atom stereocenters. The third-order valence-electron chi connectivity index (χ3n) is 2.35. The van der Waals surface area contributed by atoms with E-state index in [2.05, 4.69) is 5.92 Å². The SMILES string of the molecule is C#CCN(CC)C(=O)N1CSCC1C(=O)O. The highest BCUT2D eigenvalue weighted by molar-refractivity contribution is 7.99. The second kappa shape index (κ2) is 5.66. The number of carbonyl (C=O) groups is 2. The van der Waals surface area contributed by atoms with Crippen LogP contribution in [0, 0.1) is 12.3 Å². The maximum atomic E-state index is 12.0. The zero-order chi connectivity index (χ0) is 12.1. The lowest BCUT2D eigenvalue weighted by atomic mass is 10.3. The normalized spacial score (nSPS) is 19.2. The summed E-state index contributed by atoms with van der Waals surface area (Å²) in [5, 5.41) is 8.95. The largest absolute Gasteiger partial charge is 0.480 e. The van der Waals surface area contributed by atoms with Gasteiger partial charge < -0.3 is 14.9 Å². The van der Waals surface area contributed by atoms with Crippen molar-refractivity contribution >= 4 is 23.8 Å². The molecule has 0 saturated carbocycles. The molecule has 0 spiro atoms. The van der Waals surface area contributed by atoms with Crippen LogP contribution in [0.5, 0.6) is 0 Å². The number of nitrogens with zero attached hydrogens (tertiary/aromatic N) is 2. The van der Waals surface area contributed by atoms with E-state index >= 15 is 0 Å². The van der Waals surface area contributed by atoms with Gasteiger partial charge in [-0.2, -0.15) is 0 Å². The Kier molecular flexibility index (Phi) is 4.50. The van der Waals surface area contributed by atoms with Crippen molar-refractivity contribution in [1.82, 2.24) is 9.80 Å². The summed E-state index contributed by atoms with van der Waals surface area (Å²) in [7, 11) is 0. The van der Waals surface area contributed by atoms with Crippen molar-refractivity contribution in [2.75, 3.05) is 24.7 Å². The second-order valence-electron chi connectivity index (χ2n) is 3.32. The van der Waals surface area contributed by atoms with Crippen molar-refractivity contribution in [3.05, 3.63) is 0 Å². The van der Waals surface area contributed by atoms with Gasteiger partial charge >= 0.3 is 12.0 Å². The van der Waals surface area contributed by atoms with Crippen molar-refractivity contribution in [3.63, 3.8) is 0 Å². The van der Waals surface area contributed by atoms with Crippen LogP contribution in [-0.4, -0.2) is 57.7 Å². The van der Waals surface area contributed by atoms with Gasteiger partial charge in [0, 0.05) is 12.3 Å². The van der Waals surface area contributed by atoms with Gasteiger partial charge in [0.1, 0.15) is 6.04 Å². The van der Waals surface area contributed by atoms with Crippen molar-refractivity contribution < 1.29 is 14.7 Å². The molecule has 6 heteroatoms. The quantitative estimate of drug-likeness (QED) is 0.733. The highest BCUT2D eigenvalue weighted by Gasteiger charge is 2.36. The number of hydrogen-bond acceptors (Lipinski definition) is 3. The van der Waals surface area contributed by atoms with Gasteiger partial charge in [-0.05, 0) is 6.92 Å². The topological polar surface area (TPSA) is 60.9 Å². The lowest BCUT2D eigenvalue weighted by Crippen LogP contribution is -2.48. The summed E-state index contributed by atoms with van der Waals surface area (Å²) in [4.78, 5) is 25.7. The molecule has 0 radical (unpaired) electrons. The van der Waals surface area contributed by atoms with E-state index in [9.17, 15) is 9.59 Å². The predicted octanol–water partition coefficient (Wildman–Crippen LogP) is 0.521. The number of carboxylic acids is 1. The zero-order valence-corrected chi connectivity index (χ0v) is 9.87. The molecule has 1 atom stereocenters. The van der Waals surface area contributed by atoms with Crippen LogP contribution in [0.4, 0.5) is 4.79 Å². The third-order valence-corrected chi connectivity index (χ3v) is 3.36. The van der Waals surface area contributed by atoms with Crippen molar-refractivity contribution in [3.8, 4) is 12.3 Å². The Morgan fingerprint density at radius 2 is 2.38 bits per heavy atom. The smallest absolute Gasteiger partial charge is 0.327 e. The van der Waals surface area contributed by atoms with Gasteiger partial charge in [-0.25, -0.2) is 9.59 Å². The highest BCUT2D eigenvalue weighted by Crippen LogP contribution is 2.22. The molecule has 0 aromatic heterocycles. The Morgan fingerprint density at radius 3 is 2.88 bits per heavy atom. The summed E-state index contributed by atoms with van der Waals surface area (Å²) in [5.74, 6) is 2.28. The van der Waals surface area contributed by atoms with Crippen molar-refractivity contribution in [1.29, 1.82) is 0 Å². The average molecular weight is 242 g/mol. The summed E-state index contributed by atoms with van der Waals surface area (Å²) in [5.41, 5.74) is 0. The summed E-state index contributed by atoms with van der Waals surface area (Å²) in [6.07, 6.45) is 5.15. The number of amides is 2. The number of hydrogen-bond donors (Lipinski definition) is 1. The molecule has 1 aliphatic rings. The van der Waals surface area contributed by atoms with Crippen LogP contribution in [0.15, 0.2) is 0 Å². The van der Waals surface area contributed by atoms with E-state index < -0.39 is 12.0 Å². The minimum absolute atomic E-state index is 0.211. The molecule has 1 heterocycles. The first-order valence-electron chi connectivity index (χ1n) is 4.91.